The van der Waals surface area contributed by atoms with E-state index in [1.54, 1.807) is 19.2 Å². The van der Waals surface area contributed by atoms with Crippen LogP contribution in [0.3, 0.4) is 0 Å². The van der Waals surface area contributed by atoms with Crippen LogP contribution in [0, 0.1) is 6.92 Å². The van der Waals surface area contributed by atoms with Gasteiger partial charge >= 0.3 is 0 Å². The fraction of sp³-hybridized carbons (Fsp3) is 0.318. The highest BCUT2D eigenvalue weighted by molar-refractivity contribution is 5.96. The van der Waals surface area contributed by atoms with Crippen molar-refractivity contribution in [2.75, 3.05) is 20.1 Å². The molecule has 0 saturated carbocycles. The van der Waals surface area contributed by atoms with Crippen molar-refractivity contribution in [1.29, 1.82) is 0 Å². The second-order valence-corrected chi connectivity index (χ2v) is 6.85. The highest BCUT2D eigenvalue weighted by atomic mass is 16.5. The van der Waals surface area contributed by atoms with Crippen molar-refractivity contribution in [3.8, 4) is 5.75 Å². The van der Waals surface area contributed by atoms with E-state index in [1.165, 1.54) is 0 Å². The van der Waals surface area contributed by atoms with E-state index >= 15 is 0 Å². The molecular weight excluding hydrogens is 382 g/mol. The SMILES string of the molecule is CN=C(NCc1ccc(C(=O)NCC(N)=O)cc1)NCC(C)Oc1ccccc1C. The van der Waals surface area contributed by atoms with Gasteiger partial charge in [0.25, 0.3) is 5.91 Å². The topological polar surface area (TPSA) is 118 Å². The molecule has 0 radical (unpaired) electrons. The Bertz CT molecular complexity index is 881. The molecule has 2 rings (SSSR count). The molecule has 0 fully saturated rings. The fourth-order valence-electron chi connectivity index (χ4n) is 2.64. The number of hydrogen-bond donors (Lipinski definition) is 4. The number of aryl methyl sites for hydroxylation is 1. The Morgan fingerprint density at radius 2 is 1.77 bits per heavy atom. The molecule has 0 aliphatic carbocycles. The van der Waals surface area contributed by atoms with E-state index in [4.69, 9.17) is 10.5 Å². The molecule has 1 atom stereocenters. The maximum Gasteiger partial charge on any atom is 0.251 e. The summed E-state index contributed by atoms with van der Waals surface area (Å²) in [7, 11) is 1.70. The first kappa shape index (κ1) is 22.7. The lowest BCUT2D eigenvalue weighted by molar-refractivity contribution is -0.117. The van der Waals surface area contributed by atoms with Crippen molar-refractivity contribution in [1.82, 2.24) is 16.0 Å². The molecule has 0 aliphatic rings. The Morgan fingerprint density at radius 3 is 2.40 bits per heavy atom. The van der Waals surface area contributed by atoms with Gasteiger partial charge in [0.05, 0.1) is 13.1 Å². The summed E-state index contributed by atoms with van der Waals surface area (Å²) < 4.78 is 5.96. The highest BCUT2D eigenvalue weighted by Gasteiger charge is 2.08. The molecule has 0 heterocycles. The lowest BCUT2D eigenvalue weighted by atomic mass is 10.1. The highest BCUT2D eigenvalue weighted by Crippen LogP contribution is 2.17. The van der Waals surface area contributed by atoms with Gasteiger partial charge in [-0.15, -0.1) is 0 Å². The number of nitrogens with zero attached hydrogens (tertiary/aromatic N) is 1. The number of rotatable bonds is 9. The number of guanidine groups is 1. The number of nitrogens with two attached hydrogens (primary N) is 1. The minimum Gasteiger partial charge on any atom is -0.489 e. The van der Waals surface area contributed by atoms with Crippen LogP contribution in [-0.2, 0) is 11.3 Å². The average molecular weight is 412 g/mol. The molecule has 2 amide bonds. The zero-order valence-corrected chi connectivity index (χ0v) is 17.6. The minimum atomic E-state index is -0.582. The molecule has 30 heavy (non-hydrogen) atoms. The Morgan fingerprint density at radius 1 is 1.07 bits per heavy atom. The predicted octanol–water partition coefficient (Wildman–Crippen LogP) is 1.34. The van der Waals surface area contributed by atoms with E-state index in [0.717, 1.165) is 16.9 Å². The molecule has 8 nitrogen and oxygen atoms in total. The van der Waals surface area contributed by atoms with Crippen LogP contribution in [-0.4, -0.2) is 44.0 Å². The molecule has 2 aromatic rings. The third-order valence-electron chi connectivity index (χ3n) is 4.30. The number of benzene rings is 2. The summed E-state index contributed by atoms with van der Waals surface area (Å²) in [4.78, 5) is 26.9. The van der Waals surface area contributed by atoms with E-state index in [1.807, 2.05) is 50.2 Å². The Labute approximate surface area is 176 Å². The van der Waals surface area contributed by atoms with Crippen molar-refractivity contribution >= 4 is 17.8 Å². The van der Waals surface area contributed by atoms with Gasteiger partial charge in [0.1, 0.15) is 11.9 Å². The average Bonchev–Trinajstić information content (AvgIpc) is 2.74. The third kappa shape index (κ3) is 7.46. The van der Waals surface area contributed by atoms with E-state index in [2.05, 4.69) is 20.9 Å². The van der Waals surface area contributed by atoms with E-state index < -0.39 is 5.91 Å². The molecule has 0 bridgehead atoms. The summed E-state index contributed by atoms with van der Waals surface area (Å²) >= 11 is 0. The van der Waals surface area contributed by atoms with Crippen LogP contribution >= 0.6 is 0 Å². The summed E-state index contributed by atoms with van der Waals surface area (Å²) in [6, 6.07) is 15.0. The lowest BCUT2D eigenvalue weighted by Crippen LogP contribution is -2.41. The zero-order chi connectivity index (χ0) is 21.9. The standard InChI is InChI=1S/C22H29N5O3/c1-15-6-4-5-7-19(15)30-16(2)12-26-22(24-3)27-13-17-8-10-18(11-9-17)21(29)25-14-20(23)28/h4-11,16H,12-14H2,1-3H3,(H2,23,28)(H,25,29)(H2,24,26,27). The van der Waals surface area contributed by atoms with Gasteiger partial charge in [0, 0.05) is 19.2 Å². The summed E-state index contributed by atoms with van der Waals surface area (Å²) in [5, 5.41) is 8.92. The molecule has 2 aromatic carbocycles. The number of nitrogens with one attached hydrogen (secondary N) is 3. The van der Waals surface area contributed by atoms with Crippen molar-refractivity contribution < 1.29 is 14.3 Å². The van der Waals surface area contributed by atoms with Crippen molar-refractivity contribution in [2.24, 2.45) is 10.7 Å². The largest absolute Gasteiger partial charge is 0.489 e. The molecule has 8 heteroatoms. The van der Waals surface area contributed by atoms with Gasteiger partial charge in [-0.25, -0.2) is 0 Å². The van der Waals surface area contributed by atoms with Gasteiger partial charge in [-0.1, -0.05) is 30.3 Å². The molecule has 0 aliphatic heterocycles. The molecule has 0 spiro atoms. The van der Waals surface area contributed by atoms with Crippen LogP contribution in [0.1, 0.15) is 28.4 Å². The zero-order valence-electron chi connectivity index (χ0n) is 17.6. The second-order valence-electron chi connectivity index (χ2n) is 6.85. The van der Waals surface area contributed by atoms with Gasteiger partial charge < -0.3 is 26.4 Å². The van der Waals surface area contributed by atoms with Crippen LogP contribution < -0.4 is 26.4 Å². The Kier molecular flexibility index (Phi) is 8.68. The number of para-hydroxylation sites is 1. The van der Waals surface area contributed by atoms with Gasteiger partial charge in [-0.2, -0.15) is 0 Å². The molecule has 160 valence electrons. The van der Waals surface area contributed by atoms with E-state index in [9.17, 15) is 9.59 Å². The number of carbonyl (C=O) groups is 2. The predicted molar refractivity (Wildman–Crippen MR) is 117 cm³/mol. The number of primary amides is 1. The Hall–Kier alpha value is -3.55. The summed E-state index contributed by atoms with van der Waals surface area (Å²) in [5.41, 5.74) is 7.56. The van der Waals surface area contributed by atoms with Gasteiger partial charge in [0.15, 0.2) is 5.96 Å². The normalized spacial score (nSPS) is 12.0. The third-order valence-corrected chi connectivity index (χ3v) is 4.30. The van der Waals surface area contributed by atoms with Crippen molar-refractivity contribution in [2.45, 2.75) is 26.5 Å². The summed E-state index contributed by atoms with van der Waals surface area (Å²) in [6.07, 6.45) is -0.0390. The first-order chi connectivity index (χ1) is 14.4. The lowest BCUT2D eigenvalue weighted by Gasteiger charge is -2.19. The van der Waals surface area contributed by atoms with E-state index in [0.29, 0.717) is 24.6 Å². The second kappa shape index (κ2) is 11.5. The number of carbonyl (C=O) groups excluding carboxylic acids is 2. The first-order valence-electron chi connectivity index (χ1n) is 9.71. The van der Waals surface area contributed by atoms with Crippen molar-refractivity contribution in [3.05, 3.63) is 65.2 Å². The number of ether oxygens (including phenoxy) is 1. The van der Waals surface area contributed by atoms with Crippen LogP contribution in [0.25, 0.3) is 0 Å². The monoisotopic (exact) mass is 411 g/mol. The maximum atomic E-state index is 11.9. The summed E-state index contributed by atoms with van der Waals surface area (Å²) in [5.74, 6) is 0.600. The van der Waals surface area contributed by atoms with E-state index in [-0.39, 0.29) is 18.6 Å². The van der Waals surface area contributed by atoms with Crippen LogP contribution in [0.5, 0.6) is 5.75 Å². The molecule has 0 saturated heterocycles. The van der Waals surface area contributed by atoms with Crippen LogP contribution in [0.4, 0.5) is 0 Å². The molecule has 0 aromatic heterocycles. The molecule has 5 N–H and O–H groups in total. The number of amides is 2. The number of hydrogen-bond acceptors (Lipinski definition) is 4. The van der Waals surface area contributed by atoms with Gasteiger partial charge in [-0.3, -0.25) is 14.6 Å². The maximum absolute atomic E-state index is 11.9. The fourth-order valence-corrected chi connectivity index (χ4v) is 2.64. The first-order valence-corrected chi connectivity index (χ1v) is 9.71. The number of aliphatic imine (C=N–C) groups is 1. The van der Waals surface area contributed by atoms with Gasteiger partial charge in [0.2, 0.25) is 5.91 Å². The molecule has 1 unspecified atom stereocenters. The van der Waals surface area contributed by atoms with Crippen LogP contribution in [0.2, 0.25) is 0 Å². The van der Waals surface area contributed by atoms with Gasteiger partial charge in [-0.05, 0) is 43.2 Å². The van der Waals surface area contributed by atoms with Crippen molar-refractivity contribution in [3.63, 3.8) is 0 Å². The Balaban J connectivity index is 1.79. The minimum absolute atomic E-state index is 0.0390. The quantitative estimate of drug-likeness (QED) is 0.367. The smallest absolute Gasteiger partial charge is 0.251 e. The summed E-state index contributed by atoms with van der Waals surface area (Å²) in [6.45, 7) is 4.95. The molecular formula is C22H29N5O3. The van der Waals surface area contributed by atoms with Crippen LogP contribution in [0.15, 0.2) is 53.5 Å².